The van der Waals surface area contributed by atoms with Gasteiger partial charge in [-0.15, -0.1) is 0 Å². The van der Waals surface area contributed by atoms with Crippen LogP contribution in [0, 0.1) is 12.7 Å². The summed E-state index contributed by atoms with van der Waals surface area (Å²) in [4.78, 5) is 21.1. The van der Waals surface area contributed by atoms with Crippen LogP contribution in [0.2, 0.25) is 5.02 Å². The number of hydrogen-bond donors (Lipinski definition) is 1. The number of fused-ring (bicyclic) bond motifs is 1. The molecule has 1 N–H and O–H groups in total. The molecule has 6 nitrogen and oxygen atoms in total. The first kappa shape index (κ1) is 18.2. The van der Waals surface area contributed by atoms with E-state index in [0.717, 1.165) is 5.56 Å². The summed E-state index contributed by atoms with van der Waals surface area (Å²) in [5, 5.41) is 3.75. The van der Waals surface area contributed by atoms with Crippen molar-refractivity contribution in [2.45, 2.75) is 13.5 Å². The van der Waals surface area contributed by atoms with Crippen molar-refractivity contribution in [2.24, 2.45) is 7.05 Å². The number of nitrogens with one attached hydrogen (secondary N) is 1. The quantitative estimate of drug-likeness (QED) is 0.564. The highest BCUT2D eigenvalue weighted by Crippen LogP contribution is 2.26. The molecule has 0 fully saturated rings. The van der Waals surface area contributed by atoms with Crippen LogP contribution < -0.4 is 10.9 Å². The summed E-state index contributed by atoms with van der Waals surface area (Å²) in [6, 6.07) is 11.9. The Labute approximate surface area is 165 Å². The fourth-order valence-corrected chi connectivity index (χ4v) is 3.25. The molecule has 0 unspecified atom stereocenters. The number of benzene rings is 2. The average molecular weight is 398 g/mol. The normalized spacial score (nSPS) is 11.1. The van der Waals surface area contributed by atoms with E-state index in [1.807, 2.05) is 13.0 Å². The molecule has 0 aliphatic carbocycles. The van der Waals surface area contributed by atoms with Gasteiger partial charge in [-0.3, -0.25) is 9.36 Å². The molecule has 0 radical (unpaired) electrons. The predicted octanol–water partition coefficient (Wildman–Crippen LogP) is 4.02. The number of nitrogens with zero attached hydrogens (tertiary/aromatic N) is 4. The topological polar surface area (TPSA) is 64.7 Å². The van der Waals surface area contributed by atoms with Gasteiger partial charge in [-0.25, -0.2) is 9.37 Å². The minimum absolute atomic E-state index is 0.162. The standard InChI is InChI=1S/C20H17ClFN5O/c1-12-14(21)7-5-9-16(12)24-20-25-19(28)17-18(23-11-26(17)2)27(20)10-13-6-3-4-8-15(13)22/h3-9,11H,10H2,1-2H3,(H,24,25,28). The van der Waals surface area contributed by atoms with Crippen LogP contribution in [0.5, 0.6) is 0 Å². The molecule has 8 heteroatoms. The van der Waals surface area contributed by atoms with E-state index in [0.29, 0.717) is 27.4 Å². The lowest BCUT2D eigenvalue weighted by Gasteiger charge is -2.17. The zero-order valence-electron chi connectivity index (χ0n) is 15.3. The van der Waals surface area contributed by atoms with E-state index in [2.05, 4.69) is 15.3 Å². The molecule has 28 heavy (non-hydrogen) atoms. The van der Waals surface area contributed by atoms with Gasteiger partial charge in [-0.05, 0) is 30.7 Å². The maximum atomic E-state index is 14.3. The molecule has 0 aliphatic heterocycles. The summed E-state index contributed by atoms with van der Waals surface area (Å²) in [5.41, 5.74) is 2.35. The first-order valence-electron chi connectivity index (χ1n) is 8.63. The van der Waals surface area contributed by atoms with Crippen LogP contribution in [0.3, 0.4) is 0 Å². The molecule has 2 aromatic heterocycles. The summed E-state index contributed by atoms with van der Waals surface area (Å²) in [6.07, 6.45) is 1.54. The van der Waals surface area contributed by atoms with E-state index in [1.54, 1.807) is 52.8 Å². The van der Waals surface area contributed by atoms with Gasteiger partial charge in [-0.1, -0.05) is 35.9 Å². The Bertz CT molecular complexity index is 1250. The monoisotopic (exact) mass is 397 g/mol. The number of aromatic nitrogens is 4. The Kier molecular flexibility index (Phi) is 4.60. The highest BCUT2D eigenvalue weighted by molar-refractivity contribution is 6.31. The number of aryl methyl sites for hydroxylation is 1. The van der Waals surface area contributed by atoms with E-state index >= 15 is 0 Å². The van der Waals surface area contributed by atoms with Crippen LogP contribution >= 0.6 is 11.6 Å². The minimum atomic E-state index is -0.415. The largest absolute Gasteiger partial charge is 0.328 e. The van der Waals surface area contributed by atoms with Gasteiger partial charge in [0, 0.05) is 23.3 Å². The van der Waals surface area contributed by atoms with Crippen molar-refractivity contribution in [2.75, 3.05) is 5.32 Å². The summed E-state index contributed by atoms with van der Waals surface area (Å²) in [6.45, 7) is 2.03. The fourth-order valence-electron chi connectivity index (χ4n) is 3.08. The van der Waals surface area contributed by atoms with Crippen molar-refractivity contribution in [1.82, 2.24) is 19.1 Å². The maximum absolute atomic E-state index is 14.3. The minimum Gasteiger partial charge on any atom is -0.328 e. The Morgan fingerprint density at radius 1 is 1.18 bits per heavy atom. The first-order chi connectivity index (χ1) is 13.5. The zero-order valence-corrected chi connectivity index (χ0v) is 16.0. The SMILES string of the molecule is Cc1c(Cl)cccc1Nc1nc(=O)c2c(ncn2C)n1Cc1ccccc1F. The van der Waals surface area contributed by atoms with Crippen LogP contribution in [0.25, 0.3) is 11.2 Å². The van der Waals surface area contributed by atoms with Crippen molar-refractivity contribution < 1.29 is 4.39 Å². The van der Waals surface area contributed by atoms with Gasteiger partial charge in [0.05, 0.1) is 12.9 Å². The lowest BCUT2D eigenvalue weighted by molar-refractivity contribution is 0.601. The second kappa shape index (κ2) is 7.09. The van der Waals surface area contributed by atoms with Crippen LogP contribution in [0.15, 0.2) is 53.6 Å². The zero-order chi connectivity index (χ0) is 19.8. The molecular weight excluding hydrogens is 381 g/mol. The lowest BCUT2D eigenvalue weighted by Crippen LogP contribution is -2.20. The van der Waals surface area contributed by atoms with Crippen molar-refractivity contribution in [3.63, 3.8) is 0 Å². The van der Waals surface area contributed by atoms with E-state index in [-0.39, 0.29) is 18.3 Å². The third-order valence-corrected chi connectivity index (χ3v) is 5.05. The van der Waals surface area contributed by atoms with Gasteiger partial charge in [0.25, 0.3) is 0 Å². The molecule has 0 aliphatic rings. The smallest absolute Gasteiger partial charge is 0.300 e. The molecular formula is C20H17ClFN5O. The molecule has 142 valence electrons. The Hall–Kier alpha value is -3.19. The molecule has 0 saturated heterocycles. The number of anilines is 2. The van der Waals surface area contributed by atoms with Crippen LogP contribution in [0.1, 0.15) is 11.1 Å². The third-order valence-electron chi connectivity index (χ3n) is 4.64. The number of hydrogen-bond acceptors (Lipinski definition) is 4. The number of rotatable bonds is 4. The Morgan fingerprint density at radius 2 is 1.96 bits per heavy atom. The second-order valence-corrected chi connectivity index (χ2v) is 6.89. The molecule has 4 aromatic rings. The average Bonchev–Trinajstić information content (AvgIpc) is 3.06. The van der Waals surface area contributed by atoms with Gasteiger partial charge < -0.3 is 9.88 Å². The Morgan fingerprint density at radius 3 is 2.75 bits per heavy atom. The van der Waals surface area contributed by atoms with Crippen molar-refractivity contribution in [3.05, 3.63) is 81.1 Å². The molecule has 2 heterocycles. The Balaban J connectivity index is 1.91. The van der Waals surface area contributed by atoms with E-state index in [4.69, 9.17) is 11.6 Å². The van der Waals surface area contributed by atoms with E-state index in [9.17, 15) is 9.18 Å². The van der Waals surface area contributed by atoms with Crippen LogP contribution in [-0.4, -0.2) is 19.1 Å². The van der Waals surface area contributed by atoms with Crippen molar-refractivity contribution in [1.29, 1.82) is 0 Å². The van der Waals surface area contributed by atoms with Crippen molar-refractivity contribution in [3.8, 4) is 0 Å². The predicted molar refractivity (Wildman–Crippen MR) is 108 cm³/mol. The summed E-state index contributed by atoms with van der Waals surface area (Å²) in [5.74, 6) is -0.0695. The van der Waals surface area contributed by atoms with Crippen molar-refractivity contribution >= 4 is 34.4 Å². The van der Waals surface area contributed by atoms with Gasteiger partial charge in [-0.2, -0.15) is 4.98 Å². The second-order valence-electron chi connectivity index (χ2n) is 6.48. The van der Waals surface area contributed by atoms with E-state index < -0.39 is 5.56 Å². The molecule has 0 amide bonds. The van der Waals surface area contributed by atoms with Gasteiger partial charge in [0.2, 0.25) is 5.95 Å². The van der Waals surface area contributed by atoms with Crippen LogP contribution in [0.4, 0.5) is 16.0 Å². The van der Waals surface area contributed by atoms with Gasteiger partial charge in [0.15, 0.2) is 11.2 Å². The molecule has 0 atom stereocenters. The fraction of sp³-hybridized carbons (Fsp3) is 0.150. The lowest BCUT2D eigenvalue weighted by atomic mass is 10.2. The van der Waals surface area contributed by atoms with E-state index in [1.165, 1.54) is 6.07 Å². The summed E-state index contributed by atoms with van der Waals surface area (Å²) < 4.78 is 17.6. The third kappa shape index (κ3) is 3.14. The van der Waals surface area contributed by atoms with Crippen LogP contribution in [-0.2, 0) is 13.6 Å². The summed E-state index contributed by atoms with van der Waals surface area (Å²) >= 11 is 6.21. The highest BCUT2D eigenvalue weighted by Gasteiger charge is 2.17. The molecule has 0 spiro atoms. The molecule has 0 bridgehead atoms. The summed E-state index contributed by atoms with van der Waals surface area (Å²) in [7, 11) is 1.72. The van der Waals surface area contributed by atoms with Gasteiger partial charge >= 0.3 is 5.56 Å². The maximum Gasteiger partial charge on any atom is 0.300 e. The van der Waals surface area contributed by atoms with Gasteiger partial charge in [0.1, 0.15) is 5.82 Å². The molecule has 2 aromatic carbocycles. The molecule has 4 rings (SSSR count). The molecule has 0 saturated carbocycles. The first-order valence-corrected chi connectivity index (χ1v) is 9.01. The number of imidazole rings is 1. The number of halogens is 2. The highest BCUT2D eigenvalue weighted by atomic mass is 35.5.